The Kier molecular flexibility index (Phi) is 8.15. The fourth-order valence-electron chi connectivity index (χ4n) is 3.08. The van der Waals surface area contributed by atoms with Crippen LogP contribution in [-0.2, 0) is 19.6 Å². The lowest BCUT2D eigenvalue weighted by atomic mass is 10.1. The summed E-state index contributed by atoms with van der Waals surface area (Å²) in [5.74, 6) is 1.70. The molecule has 3 rings (SSSR count). The van der Waals surface area contributed by atoms with Crippen LogP contribution < -0.4 is 20.1 Å². The Bertz CT molecular complexity index is 808. The SMILES string of the molecule is COc1cc(C(=O)NCc2ccc3c(c2)CNC3)ccc1OCCC(C)C.Cl. The van der Waals surface area contributed by atoms with Gasteiger partial charge in [0.25, 0.3) is 5.91 Å². The molecule has 0 saturated heterocycles. The maximum Gasteiger partial charge on any atom is 0.251 e. The first-order valence-corrected chi connectivity index (χ1v) is 9.47. The predicted molar refractivity (Wildman–Crippen MR) is 113 cm³/mol. The van der Waals surface area contributed by atoms with E-state index in [1.54, 1.807) is 25.3 Å². The minimum absolute atomic E-state index is 0. The van der Waals surface area contributed by atoms with Gasteiger partial charge < -0.3 is 20.1 Å². The number of ether oxygens (including phenoxy) is 2. The molecule has 1 aliphatic heterocycles. The molecule has 0 spiro atoms. The van der Waals surface area contributed by atoms with E-state index < -0.39 is 0 Å². The molecule has 1 aliphatic rings. The van der Waals surface area contributed by atoms with Crippen LogP contribution >= 0.6 is 12.4 Å². The van der Waals surface area contributed by atoms with E-state index in [4.69, 9.17) is 9.47 Å². The Balaban J connectivity index is 0.00000280. The van der Waals surface area contributed by atoms with Crippen LogP contribution in [0.3, 0.4) is 0 Å². The highest BCUT2D eigenvalue weighted by Crippen LogP contribution is 2.28. The molecule has 5 nitrogen and oxygen atoms in total. The van der Waals surface area contributed by atoms with Crippen LogP contribution in [0.2, 0.25) is 0 Å². The van der Waals surface area contributed by atoms with Crippen molar-refractivity contribution in [3.63, 3.8) is 0 Å². The predicted octanol–water partition coefficient (Wildman–Crippen LogP) is 4.08. The van der Waals surface area contributed by atoms with Gasteiger partial charge in [-0.1, -0.05) is 32.0 Å². The van der Waals surface area contributed by atoms with Crippen molar-refractivity contribution in [2.75, 3.05) is 13.7 Å². The summed E-state index contributed by atoms with van der Waals surface area (Å²) in [6, 6.07) is 11.7. The number of benzene rings is 2. The number of hydrogen-bond donors (Lipinski definition) is 2. The number of carbonyl (C=O) groups excluding carboxylic acids is 1. The fourth-order valence-corrected chi connectivity index (χ4v) is 3.08. The number of nitrogens with one attached hydrogen (secondary N) is 2. The van der Waals surface area contributed by atoms with E-state index in [1.165, 1.54) is 11.1 Å². The Labute approximate surface area is 173 Å². The molecular weight excluding hydrogens is 376 g/mol. The molecule has 28 heavy (non-hydrogen) atoms. The monoisotopic (exact) mass is 404 g/mol. The molecule has 0 unspecified atom stereocenters. The summed E-state index contributed by atoms with van der Waals surface area (Å²) in [7, 11) is 1.59. The topological polar surface area (TPSA) is 59.6 Å². The number of hydrogen-bond acceptors (Lipinski definition) is 4. The van der Waals surface area contributed by atoms with Crippen LogP contribution in [0.1, 0.15) is 47.3 Å². The van der Waals surface area contributed by atoms with E-state index in [2.05, 4.69) is 42.7 Å². The van der Waals surface area contributed by atoms with Crippen molar-refractivity contribution >= 4 is 18.3 Å². The lowest BCUT2D eigenvalue weighted by Gasteiger charge is -2.13. The summed E-state index contributed by atoms with van der Waals surface area (Å²) in [6.45, 7) is 7.27. The highest BCUT2D eigenvalue weighted by Gasteiger charge is 2.13. The maximum absolute atomic E-state index is 12.5. The molecule has 2 aromatic carbocycles. The van der Waals surface area contributed by atoms with Crippen molar-refractivity contribution in [3.8, 4) is 11.5 Å². The largest absolute Gasteiger partial charge is 0.493 e. The Morgan fingerprint density at radius 1 is 1.11 bits per heavy atom. The van der Waals surface area contributed by atoms with E-state index in [0.717, 1.165) is 25.1 Å². The van der Waals surface area contributed by atoms with E-state index >= 15 is 0 Å². The van der Waals surface area contributed by atoms with Gasteiger partial charge in [0, 0.05) is 25.2 Å². The average Bonchev–Trinajstić information content (AvgIpc) is 3.13. The van der Waals surface area contributed by atoms with Crippen molar-refractivity contribution in [1.82, 2.24) is 10.6 Å². The molecule has 0 atom stereocenters. The summed E-state index contributed by atoms with van der Waals surface area (Å²) in [6.07, 6.45) is 0.974. The van der Waals surface area contributed by atoms with Crippen LogP contribution in [-0.4, -0.2) is 19.6 Å². The number of carbonyl (C=O) groups is 1. The Morgan fingerprint density at radius 2 is 1.89 bits per heavy atom. The summed E-state index contributed by atoms with van der Waals surface area (Å²) in [5, 5.41) is 6.31. The molecule has 0 saturated carbocycles. The van der Waals surface area contributed by atoms with Crippen LogP contribution in [0.4, 0.5) is 0 Å². The summed E-state index contributed by atoms with van der Waals surface area (Å²) < 4.78 is 11.2. The summed E-state index contributed by atoms with van der Waals surface area (Å²) >= 11 is 0. The lowest BCUT2D eigenvalue weighted by molar-refractivity contribution is 0.0950. The van der Waals surface area contributed by atoms with E-state index in [9.17, 15) is 4.79 Å². The number of fused-ring (bicyclic) bond motifs is 1. The number of methoxy groups -OCH3 is 1. The van der Waals surface area contributed by atoms with Gasteiger partial charge in [-0.2, -0.15) is 0 Å². The second-order valence-electron chi connectivity index (χ2n) is 7.29. The second kappa shape index (κ2) is 10.3. The summed E-state index contributed by atoms with van der Waals surface area (Å²) in [4.78, 5) is 12.5. The number of halogens is 1. The van der Waals surface area contributed by atoms with Gasteiger partial charge in [-0.25, -0.2) is 0 Å². The van der Waals surface area contributed by atoms with Crippen molar-refractivity contribution < 1.29 is 14.3 Å². The second-order valence-corrected chi connectivity index (χ2v) is 7.29. The van der Waals surface area contributed by atoms with Crippen LogP contribution in [0.25, 0.3) is 0 Å². The molecule has 2 aromatic rings. The van der Waals surface area contributed by atoms with Gasteiger partial charge in [0.05, 0.1) is 13.7 Å². The summed E-state index contributed by atoms with van der Waals surface area (Å²) in [5.41, 5.74) is 4.31. The lowest BCUT2D eigenvalue weighted by Crippen LogP contribution is -2.23. The van der Waals surface area contributed by atoms with Crippen LogP contribution in [0.15, 0.2) is 36.4 Å². The number of rotatable bonds is 8. The zero-order chi connectivity index (χ0) is 19.2. The van der Waals surface area contributed by atoms with Gasteiger partial charge in [0.1, 0.15) is 0 Å². The van der Waals surface area contributed by atoms with Crippen molar-refractivity contribution in [1.29, 1.82) is 0 Å². The molecule has 0 radical (unpaired) electrons. The van der Waals surface area contributed by atoms with Crippen LogP contribution in [0.5, 0.6) is 11.5 Å². The zero-order valence-corrected chi connectivity index (χ0v) is 17.5. The molecular formula is C22H29ClN2O3. The smallest absolute Gasteiger partial charge is 0.251 e. The van der Waals surface area contributed by atoms with Crippen LogP contribution in [0, 0.1) is 5.92 Å². The molecule has 0 bridgehead atoms. The normalized spacial score (nSPS) is 12.3. The molecule has 1 heterocycles. The van der Waals surface area contributed by atoms with Gasteiger partial charge in [0.2, 0.25) is 0 Å². The minimum atomic E-state index is -0.124. The van der Waals surface area contributed by atoms with Gasteiger partial charge in [-0.15, -0.1) is 12.4 Å². The quantitative estimate of drug-likeness (QED) is 0.696. The molecule has 1 amide bonds. The zero-order valence-electron chi connectivity index (χ0n) is 16.7. The van der Waals surface area contributed by atoms with Gasteiger partial charge in [0.15, 0.2) is 11.5 Å². The highest BCUT2D eigenvalue weighted by atomic mass is 35.5. The molecule has 2 N–H and O–H groups in total. The highest BCUT2D eigenvalue weighted by molar-refractivity contribution is 5.94. The Hall–Kier alpha value is -2.24. The molecule has 152 valence electrons. The third-order valence-corrected chi connectivity index (χ3v) is 4.73. The van der Waals surface area contributed by atoms with E-state index in [0.29, 0.717) is 36.1 Å². The average molecular weight is 405 g/mol. The van der Waals surface area contributed by atoms with Crippen molar-refractivity contribution in [3.05, 3.63) is 58.7 Å². The first-order chi connectivity index (χ1) is 13.1. The van der Waals surface area contributed by atoms with E-state index in [1.807, 2.05) is 0 Å². The van der Waals surface area contributed by atoms with Crippen molar-refractivity contribution in [2.24, 2.45) is 5.92 Å². The molecule has 6 heteroatoms. The molecule has 0 fully saturated rings. The number of amides is 1. The fraction of sp³-hybridized carbons (Fsp3) is 0.409. The first kappa shape index (κ1) is 22.1. The van der Waals surface area contributed by atoms with Gasteiger partial charge in [-0.3, -0.25) is 4.79 Å². The van der Waals surface area contributed by atoms with Gasteiger partial charge in [-0.05, 0) is 47.2 Å². The third kappa shape index (κ3) is 5.63. The maximum atomic E-state index is 12.5. The molecule has 0 aliphatic carbocycles. The Morgan fingerprint density at radius 3 is 2.64 bits per heavy atom. The standard InChI is InChI=1S/C22H28N2O3.ClH/c1-15(2)8-9-27-20-7-6-17(11-21(20)26-3)22(25)24-12-16-4-5-18-13-23-14-19(18)10-16;/h4-7,10-11,15,23H,8-9,12-14H2,1-3H3,(H,24,25);1H. The van der Waals surface area contributed by atoms with Crippen molar-refractivity contribution in [2.45, 2.75) is 39.9 Å². The molecule has 0 aromatic heterocycles. The minimum Gasteiger partial charge on any atom is -0.493 e. The third-order valence-electron chi connectivity index (χ3n) is 4.73. The first-order valence-electron chi connectivity index (χ1n) is 9.47. The van der Waals surface area contributed by atoms with Gasteiger partial charge >= 0.3 is 0 Å². The van der Waals surface area contributed by atoms with E-state index in [-0.39, 0.29) is 18.3 Å².